The molecule has 88 valence electrons. The fraction of sp³-hybridized carbons (Fsp3) is 0.417. The molecule has 0 aliphatic heterocycles. The van der Waals surface area contributed by atoms with E-state index in [1.165, 1.54) is 0 Å². The minimum atomic E-state index is -0.577. The number of aliphatic hydroxyl groups excluding tert-OH is 1. The van der Waals surface area contributed by atoms with Crippen LogP contribution in [-0.4, -0.2) is 23.8 Å². The Kier molecular flexibility index (Phi) is 4.31. The molecule has 1 aromatic rings. The van der Waals surface area contributed by atoms with Gasteiger partial charge in [-0.25, -0.2) is 4.79 Å². The number of hydrogen-bond donors (Lipinski definition) is 2. The molecular formula is C12H17NO3. The summed E-state index contributed by atoms with van der Waals surface area (Å²) in [6, 6.07) is 5.44. The zero-order chi connectivity index (χ0) is 12.1. The van der Waals surface area contributed by atoms with E-state index in [0.29, 0.717) is 5.75 Å². The van der Waals surface area contributed by atoms with Gasteiger partial charge in [-0.1, -0.05) is 6.07 Å². The number of ether oxygens (including phenoxy) is 1. The van der Waals surface area contributed by atoms with Crippen molar-refractivity contribution < 1.29 is 14.6 Å². The molecule has 0 fully saturated rings. The van der Waals surface area contributed by atoms with Crippen LogP contribution in [0, 0.1) is 13.8 Å². The molecule has 1 atom stereocenters. The highest BCUT2D eigenvalue weighted by molar-refractivity contribution is 5.70. The fourth-order valence-electron chi connectivity index (χ4n) is 1.15. The first-order valence-electron chi connectivity index (χ1n) is 5.20. The van der Waals surface area contributed by atoms with Crippen molar-refractivity contribution in [3.8, 4) is 5.75 Å². The molecule has 4 nitrogen and oxygen atoms in total. The lowest BCUT2D eigenvalue weighted by atomic mass is 10.1. The summed E-state index contributed by atoms with van der Waals surface area (Å²) >= 11 is 0. The van der Waals surface area contributed by atoms with Gasteiger partial charge < -0.3 is 15.2 Å². The number of aliphatic hydroxyl groups is 1. The molecule has 16 heavy (non-hydrogen) atoms. The Morgan fingerprint density at radius 3 is 2.69 bits per heavy atom. The summed E-state index contributed by atoms with van der Waals surface area (Å²) in [7, 11) is 0. The van der Waals surface area contributed by atoms with Crippen molar-refractivity contribution in [1.82, 2.24) is 5.32 Å². The smallest absolute Gasteiger partial charge is 0.410 e. The van der Waals surface area contributed by atoms with Gasteiger partial charge in [0, 0.05) is 6.54 Å². The summed E-state index contributed by atoms with van der Waals surface area (Å²) in [6.07, 6.45) is -1.13. The van der Waals surface area contributed by atoms with Crippen molar-refractivity contribution in [2.75, 3.05) is 6.54 Å². The van der Waals surface area contributed by atoms with Crippen LogP contribution in [0.3, 0.4) is 0 Å². The van der Waals surface area contributed by atoms with Crippen molar-refractivity contribution in [2.24, 2.45) is 0 Å². The third-order valence-electron chi connectivity index (χ3n) is 2.23. The van der Waals surface area contributed by atoms with Gasteiger partial charge in [-0.05, 0) is 44.0 Å². The molecule has 0 heterocycles. The number of aryl methyl sites for hydroxylation is 2. The van der Waals surface area contributed by atoms with Gasteiger partial charge in [0.25, 0.3) is 0 Å². The predicted octanol–water partition coefficient (Wildman–Crippen LogP) is 1.77. The lowest BCUT2D eigenvalue weighted by Crippen LogP contribution is -2.32. The van der Waals surface area contributed by atoms with E-state index >= 15 is 0 Å². The summed E-state index contributed by atoms with van der Waals surface area (Å²) in [5, 5.41) is 11.4. The van der Waals surface area contributed by atoms with Crippen molar-refractivity contribution in [1.29, 1.82) is 0 Å². The number of nitrogens with one attached hydrogen (secondary N) is 1. The van der Waals surface area contributed by atoms with Crippen molar-refractivity contribution >= 4 is 6.09 Å². The molecule has 0 bridgehead atoms. The van der Waals surface area contributed by atoms with Crippen molar-refractivity contribution in [3.63, 3.8) is 0 Å². The maximum Gasteiger partial charge on any atom is 0.412 e. The molecule has 4 heteroatoms. The number of rotatable bonds is 3. The minimum absolute atomic E-state index is 0.184. The number of carbonyl (C=O) groups is 1. The SMILES string of the molecule is Cc1ccc(OC(=O)NCC(C)O)cc1C. The van der Waals surface area contributed by atoms with Crippen LogP contribution in [0.5, 0.6) is 5.75 Å². The fourth-order valence-corrected chi connectivity index (χ4v) is 1.15. The largest absolute Gasteiger partial charge is 0.412 e. The van der Waals surface area contributed by atoms with E-state index in [-0.39, 0.29) is 6.54 Å². The topological polar surface area (TPSA) is 58.6 Å². The Morgan fingerprint density at radius 1 is 1.44 bits per heavy atom. The molecule has 0 aliphatic carbocycles. The molecular weight excluding hydrogens is 206 g/mol. The zero-order valence-corrected chi connectivity index (χ0v) is 9.78. The first kappa shape index (κ1) is 12.5. The highest BCUT2D eigenvalue weighted by Gasteiger charge is 2.05. The average Bonchev–Trinajstić information content (AvgIpc) is 2.21. The summed E-state index contributed by atoms with van der Waals surface area (Å²) < 4.78 is 5.04. The van der Waals surface area contributed by atoms with Crippen LogP contribution in [0.2, 0.25) is 0 Å². The van der Waals surface area contributed by atoms with E-state index < -0.39 is 12.2 Å². The Morgan fingerprint density at radius 2 is 2.12 bits per heavy atom. The number of carbonyl (C=O) groups excluding carboxylic acids is 1. The average molecular weight is 223 g/mol. The summed E-state index contributed by atoms with van der Waals surface area (Å²) in [5.74, 6) is 0.506. The highest BCUT2D eigenvalue weighted by Crippen LogP contribution is 2.16. The third-order valence-corrected chi connectivity index (χ3v) is 2.23. The second kappa shape index (κ2) is 5.51. The maximum absolute atomic E-state index is 11.3. The number of benzene rings is 1. The Bertz CT molecular complexity index is 375. The van der Waals surface area contributed by atoms with Gasteiger partial charge in [0.2, 0.25) is 0 Å². The molecule has 0 saturated carbocycles. The first-order chi connectivity index (χ1) is 7.49. The number of hydrogen-bond acceptors (Lipinski definition) is 3. The van der Waals surface area contributed by atoms with E-state index in [1.807, 2.05) is 19.9 Å². The predicted molar refractivity (Wildman–Crippen MR) is 61.6 cm³/mol. The van der Waals surface area contributed by atoms with E-state index in [0.717, 1.165) is 11.1 Å². The van der Waals surface area contributed by atoms with Gasteiger partial charge in [-0.2, -0.15) is 0 Å². The second-order valence-electron chi connectivity index (χ2n) is 3.87. The van der Waals surface area contributed by atoms with Gasteiger partial charge in [0.1, 0.15) is 5.75 Å². The molecule has 1 aromatic carbocycles. The van der Waals surface area contributed by atoms with Gasteiger partial charge >= 0.3 is 6.09 Å². The molecule has 1 unspecified atom stereocenters. The number of amides is 1. The lowest BCUT2D eigenvalue weighted by molar-refractivity contribution is 0.172. The summed E-state index contributed by atoms with van der Waals surface area (Å²) in [5.41, 5.74) is 2.22. The van der Waals surface area contributed by atoms with Crippen LogP contribution in [0.15, 0.2) is 18.2 Å². The van der Waals surface area contributed by atoms with Gasteiger partial charge in [0.15, 0.2) is 0 Å². The lowest BCUT2D eigenvalue weighted by Gasteiger charge is -2.09. The molecule has 0 radical (unpaired) electrons. The minimum Gasteiger partial charge on any atom is -0.410 e. The zero-order valence-electron chi connectivity index (χ0n) is 9.78. The van der Waals surface area contributed by atoms with Crippen LogP contribution in [0.1, 0.15) is 18.1 Å². The van der Waals surface area contributed by atoms with Gasteiger partial charge in [-0.15, -0.1) is 0 Å². The molecule has 0 spiro atoms. The molecule has 0 aromatic heterocycles. The second-order valence-corrected chi connectivity index (χ2v) is 3.87. The normalized spacial score (nSPS) is 12.0. The molecule has 1 rings (SSSR count). The highest BCUT2D eigenvalue weighted by atomic mass is 16.6. The van der Waals surface area contributed by atoms with E-state index in [4.69, 9.17) is 9.84 Å². The Hall–Kier alpha value is -1.55. The van der Waals surface area contributed by atoms with Crippen LogP contribution in [0.25, 0.3) is 0 Å². The van der Waals surface area contributed by atoms with Crippen LogP contribution < -0.4 is 10.1 Å². The Balaban J connectivity index is 2.53. The first-order valence-corrected chi connectivity index (χ1v) is 5.20. The van der Waals surface area contributed by atoms with E-state index in [2.05, 4.69) is 5.32 Å². The van der Waals surface area contributed by atoms with Gasteiger partial charge in [-0.3, -0.25) is 0 Å². The van der Waals surface area contributed by atoms with Crippen molar-refractivity contribution in [2.45, 2.75) is 26.9 Å². The van der Waals surface area contributed by atoms with Crippen molar-refractivity contribution in [3.05, 3.63) is 29.3 Å². The maximum atomic E-state index is 11.3. The molecule has 0 saturated heterocycles. The van der Waals surface area contributed by atoms with Crippen LogP contribution >= 0.6 is 0 Å². The summed E-state index contributed by atoms with van der Waals surface area (Å²) in [4.78, 5) is 11.3. The van der Waals surface area contributed by atoms with E-state index in [1.54, 1.807) is 19.1 Å². The molecule has 0 aliphatic rings. The molecule has 1 amide bonds. The monoisotopic (exact) mass is 223 g/mol. The standard InChI is InChI=1S/C12H17NO3/c1-8-4-5-11(6-9(8)2)16-12(15)13-7-10(3)14/h4-6,10,14H,7H2,1-3H3,(H,13,15). The van der Waals surface area contributed by atoms with Crippen LogP contribution in [0.4, 0.5) is 4.79 Å². The van der Waals surface area contributed by atoms with E-state index in [9.17, 15) is 4.79 Å². The summed E-state index contributed by atoms with van der Waals surface area (Å²) in [6.45, 7) is 5.72. The quantitative estimate of drug-likeness (QED) is 0.821. The Labute approximate surface area is 95.2 Å². The molecule has 2 N–H and O–H groups in total. The third kappa shape index (κ3) is 3.90. The van der Waals surface area contributed by atoms with Gasteiger partial charge in [0.05, 0.1) is 6.10 Å². The van der Waals surface area contributed by atoms with Crippen LogP contribution in [-0.2, 0) is 0 Å².